The molecule has 1 amide bonds. The Kier molecular flexibility index (Phi) is 9.76. The highest BCUT2D eigenvalue weighted by molar-refractivity contribution is 8.01. The molecule has 2 heterocycles. The molecular weight excluding hydrogens is 554 g/mol. The summed E-state index contributed by atoms with van der Waals surface area (Å²) in [6, 6.07) is 24.9. The van der Waals surface area contributed by atoms with Crippen LogP contribution in [0.25, 0.3) is 0 Å². The summed E-state index contributed by atoms with van der Waals surface area (Å²) in [5, 5.41) is 2.76. The number of carbonyl (C=O) groups excluding carboxylic acids is 2. The molecule has 0 aliphatic carbocycles. The van der Waals surface area contributed by atoms with Gasteiger partial charge in [-0.15, -0.1) is 0 Å². The molecule has 0 radical (unpaired) electrons. The number of nitrogens with one attached hydrogen (secondary N) is 1. The standard InChI is InChI=1S/C32H37N3O6S/c1-38-26-14-15-27-28(22-26)42-32(30(36)39-2,29(23-40-27)41-31(37)33-24-10-5-3-6-11-24)16-9-17-34-18-20-35(21-19-34)25-12-7-4-8-13-25/h3-8,10-15,22,29H,9,16-21,23H2,1-2H3,(H,33,37)/t29-,32+/m0/s1. The Labute approximate surface area is 251 Å². The lowest BCUT2D eigenvalue weighted by atomic mass is 9.95. The van der Waals surface area contributed by atoms with Gasteiger partial charge in [-0.25, -0.2) is 4.79 Å². The zero-order valence-electron chi connectivity index (χ0n) is 24.0. The summed E-state index contributed by atoms with van der Waals surface area (Å²) < 4.78 is 21.7. The largest absolute Gasteiger partial charge is 0.497 e. The molecule has 1 saturated heterocycles. The number of piperazine rings is 1. The Morgan fingerprint density at radius 1 is 0.976 bits per heavy atom. The third-order valence-corrected chi connectivity index (χ3v) is 9.21. The van der Waals surface area contributed by atoms with E-state index < -0.39 is 22.9 Å². The van der Waals surface area contributed by atoms with Crippen LogP contribution < -0.4 is 19.7 Å². The first kappa shape index (κ1) is 29.6. The lowest BCUT2D eigenvalue weighted by molar-refractivity contribution is -0.147. The van der Waals surface area contributed by atoms with Gasteiger partial charge in [-0.2, -0.15) is 0 Å². The van der Waals surface area contributed by atoms with Gasteiger partial charge in [-0.3, -0.25) is 15.0 Å². The number of fused-ring (bicyclic) bond motifs is 1. The van der Waals surface area contributed by atoms with Crippen molar-refractivity contribution in [1.29, 1.82) is 0 Å². The van der Waals surface area contributed by atoms with E-state index in [0.717, 1.165) is 37.6 Å². The monoisotopic (exact) mass is 591 g/mol. The number of anilines is 2. The van der Waals surface area contributed by atoms with E-state index in [-0.39, 0.29) is 6.61 Å². The predicted molar refractivity (Wildman–Crippen MR) is 164 cm³/mol. The summed E-state index contributed by atoms with van der Waals surface area (Å²) in [6.07, 6.45) is -0.448. The first-order valence-corrected chi connectivity index (χ1v) is 15.0. The zero-order valence-corrected chi connectivity index (χ0v) is 24.8. The zero-order chi connectivity index (χ0) is 29.4. The summed E-state index contributed by atoms with van der Waals surface area (Å²) >= 11 is 1.32. The molecule has 1 fully saturated rings. The number of benzene rings is 3. The Bertz CT molecular complexity index is 1340. The van der Waals surface area contributed by atoms with Crippen LogP contribution in [0.15, 0.2) is 83.8 Å². The molecule has 222 valence electrons. The second-order valence-corrected chi connectivity index (χ2v) is 11.6. The number of methoxy groups -OCH3 is 2. The fourth-order valence-corrected chi connectivity index (χ4v) is 6.85. The number of hydrogen-bond donors (Lipinski definition) is 1. The normalized spacial score (nSPS) is 20.4. The van der Waals surface area contributed by atoms with Gasteiger partial charge in [-0.05, 0) is 61.9 Å². The summed E-state index contributed by atoms with van der Waals surface area (Å²) in [5.41, 5.74) is 1.83. The fourth-order valence-electron chi connectivity index (χ4n) is 5.40. The average Bonchev–Trinajstić information content (AvgIpc) is 3.18. The Balaban J connectivity index is 1.33. The summed E-state index contributed by atoms with van der Waals surface area (Å²) in [4.78, 5) is 32.3. The van der Waals surface area contributed by atoms with Crippen LogP contribution in [0.5, 0.6) is 11.5 Å². The number of esters is 1. The van der Waals surface area contributed by atoms with E-state index in [4.69, 9.17) is 18.9 Å². The number of amides is 1. The van der Waals surface area contributed by atoms with Crippen molar-refractivity contribution in [1.82, 2.24) is 4.90 Å². The molecule has 2 atom stereocenters. The quantitative estimate of drug-likeness (QED) is 0.333. The van der Waals surface area contributed by atoms with Gasteiger partial charge in [0.05, 0.1) is 19.1 Å². The number of hydrogen-bond acceptors (Lipinski definition) is 9. The van der Waals surface area contributed by atoms with E-state index in [0.29, 0.717) is 30.0 Å². The van der Waals surface area contributed by atoms with Gasteiger partial charge in [0, 0.05) is 37.6 Å². The number of rotatable bonds is 9. The van der Waals surface area contributed by atoms with Gasteiger partial charge in [0.25, 0.3) is 0 Å². The van der Waals surface area contributed by atoms with Crippen LogP contribution in [0.4, 0.5) is 16.2 Å². The number of para-hydroxylation sites is 2. The maximum absolute atomic E-state index is 13.7. The van der Waals surface area contributed by atoms with Crippen LogP contribution in [0.1, 0.15) is 12.8 Å². The van der Waals surface area contributed by atoms with Crippen molar-refractivity contribution in [2.24, 2.45) is 0 Å². The van der Waals surface area contributed by atoms with Crippen molar-refractivity contribution in [3.63, 3.8) is 0 Å². The first-order valence-electron chi connectivity index (χ1n) is 14.1. The number of ether oxygens (including phenoxy) is 4. The van der Waals surface area contributed by atoms with Crippen LogP contribution >= 0.6 is 11.8 Å². The van der Waals surface area contributed by atoms with Crippen molar-refractivity contribution in [3.05, 3.63) is 78.9 Å². The van der Waals surface area contributed by atoms with Gasteiger partial charge in [0.1, 0.15) is 18.1 Å². The third kappa shape index (κ3) is 6.94. The van der Waals surface area contributed by atoms with Crippen molar-refractivity contribution in [3.8, 4) is 11.5 Å². The smallest absolute Gasteiger partial charge is 0.412 e. The Morgan fingerprint density at radius 3 is 2.38 bits per heavy atom. The molecule has 2 aliphatic rings. The molecule has 5 rings (SSSR count). The number of carbonyl (C=O) groups is 2. The van der Waals surface area contributed by atoms with Crippen molar-refractivity contribution in [2.45, 2.75) is 28.6 Å². The van der Waals surface area contributed by atoms with Crippen molar-refractivity contribution >= 4 is 35.2 Å². The lowest BCUT2D eigenvalue weighted by Crippen LogP contribution is -2.52. The van der Waals surface area contributed by atoms with Crippen LogP contribution in [0, 0.1) is 0 Å². The summed E-state index contributed by atoms with van der Waals surface area (Å²) in [6.45, 7) is 4.53. The average molecular weight is 592 g/mol. The predicted octanol–water partition coefficient (Wildman–Crippen LogP) is 5.31. The fraction of sp³-hybridized carbons (Fsp3) is 0.375. The third-order valence-electron chi connectivity index (χ3n) is 7.67. The highest BCUT2D eigenvalue weighted by atomic mass is 32.2. The SMILES string of the molecule is COC(=O)[C@]1(CCCN2CCN(c3ccccc3)CC2)Sc2cc(OC)ccc2OC[C@@H]1OC(=O)Nc1ccccc1. The van der Waals surface area contributed by atoms with Crippen molar-refractivity contribution in [2.75, 3.05) is 63.8 Å². The molecule has 0 aromatic heterocycles. The van der Waals surface area contributed by atoms with Crippen LogP contribution in [-0.2, 0) is 14.3 Å². The first-order chi connectivity index (χ1) is 20.5. The van der Waals surface area contributed by atoms with Gasteiger partial charge < -0.3 is 23.8 Å². The van der Waals surface area contributed by atoms with Crippen molar-refractivity contribution < 1.29 is 28.5 Å². The molecule has 42 heavy (non-hydrogen) atoms. The maximum Gasteiger partial charge on any atom is 0.412 e. The minimum Gasteiger partial charge on any atom is -0.497 e. The summed E-state index contributed by atoms with van der Waals surface area (Å²) in [5.74, 6) is 0.778. The molecule has 0 unspecified atom stereocenters. The molecule has 0 bridgehead atoms. The molecule has 0 saturated carbocycles. The minimum absolute atomic E-state index is 0.000607. The van der Waals surface area contributed by atoms with E-state index in [1.165, 1.54) is 24.6 Å². The molecule has 10 heteroatoms. The van der Waals surface area contributed by atoms with Gasteiger partial charge >= 0.3 is 12.1 Å². The Morgan fingerprint density at radius 2 is 1.69 bits per heavy atom. The maximum atomic E-state index is 13.7. The number of thioether (sulfide) groups is 1. The van der Waals surface area contributed by atoms with Crippen LogP contribution in [-0.4, -0.2) is 81.4 Å². The molecule has 0 spiro atoms. The molecular formula is C32H37N3O6S. The molecule has 3 aromatic carbocycles. The highest BCUT2D eigenvalue weighted by Gasteiger charge is 2.52. The van der Waals surface area contributed by atoms with E-state index >= 15 is 0 Å². The van der Waals surface area contributed by atoms with Gasteiger partial charge in [0.2, 0.25) is 0 Å². The van der Waals surface area contributed by atoms with Crippen LogP contribution in [0.3, 0.4) is 0 Å². The van der Waals surface area contributed by atoms with E-state index in [2.05, 4.69) is 39.4 Å². The van der Waals surface area contributed by atoms with Gasteiger partial charge in [0.15, 0.2) is 10.9 Å². The summed E-state index contributed by atoms with van der Waals surface area (Å²) in [7, 11) is 2.96. The van der Waals surface area contributed by atoms with Crippen LogP contribution in [0.2, 0.25) is 0 Å². The van der Waals surface area contributed by atoms with E-state index in [1.54, 1.807) is 25.3 Å². The molecule has 9 nitrogen and oxygen atoms in total. The number of nitrogens with zero attached hydrogens (tertiary/aromatic N) is 2. The molecule has 3 aromatic rings. The van der Waals surface area contributed by atoms with E-state index in [1.807, 2.05) is 36.4 Å². The van der Waals surface area contributed by atoms with Gasteiger partial charge in [-0.1, -0.05) is 48.2 Å². The van der Waals surface area contributed by atoms with E-state index in [9.17, 15) is 9.59 Å². The second kappa shape index (κ2) is 13.8. The Hall–Kier alpha value is -3.89. The second-order valence-electron chi connectivity index (χ2n) is 10.3. The molecule has 2 aliphatic heterocycles. The lowest BCUT2D eigenvalue weighted by Gasteiger charge is -2.38. The topological polar surface area (TPSA) is 89.6 Å². The minimum atomic E-state index is -1.23. The highest BCUT2D eigenvalue weighted by Crippen LogP contribution is 2.48. The molecule has 1 N–H and O–H groups in total.